The van der Waals surface area contributed by atoms with Crippen LogP contribution in [0.15, 0.2) is 6.33 Å². The van der Waals surface area contributed by atoms with E-state index in [9.17, 15) is 0 Å². The summed E-state index contributed by atoms with van der Waals surface area (Å²) in [6.45, 7) is 4.01. The molecule has 0 saturated heterocycles. The van der Waals surface area contributed by atoms with E-state index in [-0.39, 0.29) is 12.0 Å². The molecule has 0 unspecified atom stereocenters. The van der Waals surface area contributed by atoms with Crippen molar-refractivity contribution in [1.82, 2.24) is 9.97 Å². The van der Waals surface area contributed by atoms with Crippen molar-refractivity contribution >= 4 is 11.6 Å². The summed E-state index contributed by atoms with van der Waals surface area (Å²) in [4.78, 5) is 8.48. The molecular weight excluding hydrogens is 256 g/mol. The Bertz CT molecular complexity index is 435. The minimum atomic E-state index is 0.238. The average molecular weight is 280 g/mol. The van der Waals surface area contributed by atoms with Crippen LogP contribution < -0.4 is 15.4 Å². The average Bonchev–Trinajstić information content (AvgIpc) is 3.23. The van der Waals surface area contributed by atoms with E-state index < -0.39 is 0 Å². The van der Waals surface area contributed by atoms with Gasteiger partial charge >= 0.3 is 0 Å². The molecule has 1 aliphatic rings. The highest BCUT2D eigenvalue weighted by Gasteiger charge is 2.41. The van der Waals surface area contributed by atoms with Crippen molar-refractivity contribution in [2.24, 2.45) is 5.41 Å². The predicted octanol–water partition coefficient (Wildman–Crippen LogP) is 1.88. The number of rotatable bonds is 9. The van der Waals surface area contributed by atoms with Gasteiger partial charge in [0.05, 0.1) is 7.11 Å². The number of aliphatic hydroxyl groups is 1. The van der Waals surface area contributed by atoms with E-state index in [2.05, 4.69) is 27.5 Å². The molecule has 0 atom stereocenters. The lowest BCUT2D eigenvalue weighted by atomic mass is 10.0. The van der Waals surface area contributed by atoms with Gasteiger partial charge in [0, 0.05) is 19.7 Å². The maximum absolute atomic E-state index is 9.09. The Morgan fingerprint density at radius 3 is 2.55 bits per heavy atom. The fourth-order valence-corrected chi connectivity index (χ4v) is 2.26. The highest BCUT2D eigenvalue weighted by atomic mass is 16.5. The first-order valence-corrected chi connectivity index (χ1v) is 7.22. The monoisotopic (exact) mass is 280 g/mol. The second-order valence-electron chi connectivity index (χ2n) is 5.36. The van der Waals surface area contributed by atoms with E-state index in [0.29, 0.717) is 11.6 Å². The van der Waals surface area contributed by atoms with Gasteiger partial charge < -0.3 is 20.5 Å². The third-order valence-electron chi connectivity index (χ3n) is 3.78. The zero-order valence-electron chi connectivity index (χ0n) is 12.3. The number of nitrogens with zero attached hydrogens (tertiary/aromatic N) is 2. The van der Waals surface area contributed by atoms with Crippen molar-refractivity contribution in [2.75, 3.05) is 37.4 Å². The van der Waals surface area contributed by atoms with Crippen molar-refractivity contribution in [1.29, 1.82) is 0 Å². The van der Waals surface area contributed by atoms with Gasteiger partial charge in [-0.2, -0.15) is 0 Å². The number of nitrogens with one attached hydrogen (secondary N) is 2. The van der Waals surface area contributed by atoms with Crippen LogP contribution in [0.2, 0.25) is 0 Å². The molecule has 1 aromatic rings. The van der Waals surface area contributed by atoms with Gasteiger partial charge in [0.25, 0.3) is 0 Å². The van der Waals surface area contributed by atoms with Crippen LogP contribution in [0.3, 0.4) is 0 Å². The van der Waals surface area contributed by atoms with Gasteiger partial charge in [0.15, 0.2) is 11.6 Å². The molecule has 1 heterocycles. The molecule has 112 valence electrons. The number of aliphatic hydroxyl groups excluding tert-OH is 1. The van der Waals surface area contributed by atoms with Crippen LogP contribution in [0.25, 0.3) is 0 Å². The second-order valence-corrected chi connectivity index (χ2v) is 5.36. The van der Waals surface area contributed by atoms with E-state index in [0.717, 1.165) is 44.6 Å². The van der Waals surface area contributed by atoms with Crippen molar-refractivity contribution in [3.63, 3.8) is 0 Å². The number of hydrogen-bond donors (Lipinski definition) is 3. The van der Waals surface area contributed by atoms with Crippen LogP contribution in [0.5, 0.6) is 5.75 Å². The van der Waals surface area contributed by atoms with Crippen LogP contribution in [0.4, 0.5) is 11.6 Å². The van der Waals surface area contributed by atoms with Crippen LogP contribution in [-0.4, -0.2) is 41.9 Å². The van der Waals surface area contributed by atoms with Crippen LogP contribution in [0, 0.1) is 5.41 Å². The van der Waals surface area contributed by atoms with Gasteiger partial charge in [0.1, 0.15) is 6.33 Å². The van der Waals surface area contributed by atoms with Gasteiger partial charge in [-0.25, -0.2) is 9.97 Å². The van der Waals surface area contributed by atoms with Gasteiger partial charge in [-0.3, -0.25) is 0 Å². The fraction of sp³-hybridized carbons (Fsp3) is 0.714. The molecular formula is C14H24N4O2. The Kier molecular flexibility index (Phi) is 5.00. The third-order valence-corrected chi connectivity index (χ3v) is 3.78. The van der Waals surface area contributed by atoms with E-state index in [1.165, 1.54) is 6.33 Å². The van der Waals surface area contributed by atoms with E-state index >= 15 is 0 Å². The molecule has 6 heteroatoms. The standard InChI is InChI=1S/C14H24N4O2/c1-3-7-15-12-11(20-2)13(18-10-17-12)16-9-14(4-5-14)6-8-19/h10,19H,3-9H2,1-2H3,(H2,15,16,17,18). The number of ether oxygens (including phenoxy) is 1. The first-order valence-electron chi connectivity index (χ1n) is 7.22. The quantitative estimate of drug-likeness (QED) is 0.641. The molecule has 1 fully saturated rings. The summed E-state index contributed by atoms with van der Waals surface area (Å²) in [6.07, 6.45) is 5.72. The molecule has 1 saturated carbocycles. The van der Waals surface area contributed by atoms with Crippen molar-refractivity contribution in [2.45, 2.75) is 32.6 Å². The second kappa shape index (κ2) is 6.74. The first-order chi connectivity index (χ1) is 9.74. The molecule has 1 aliphatic carbocycles. The largest absolute Gasteiger partial charge is 0.490 e. The minimum Gasteiger partial charge on any atom is -0.490 e. The molecule has 0 spiro atoms. The Labute approximate surface area is 120 Å². The highest BCUT2D eigenvalue weighted by Crippen LogP contribution is 2.48. The third kappa shape index (κ3) is 3.50. The van der Waals surface area contributed by atoms with Gasteiger partial charge in [0.2, 0.25) is 5.75 Å². The Morgan fingerprint density at radius 1 is 1.30 bits per heavy atom. The minimum absolute atomic E-state index is 0.238. The van der Waals surface area contributed by atoms with Crippen molar-refractivity contribution < 1.29 is 9.84 Å². The zero-order chi connectivity index (χ0) is 14.4. The van der Waals surface area contributed by atoms with E-state index in [1.807, 2.05) is 0 Å². The van der Waals surface area contributed by atoms with Crippen molar-refractivity contribution in [3.05, 3.63) is 6.33 Å². The molecule has 6 nitrogen and oxygen atoms in total. The van der Waals surface area contributed by atoms with Crippen LogP contribution in [-0.2, 0) is 0 Å². The molecule has 0 aliphatic heterocycles. The smallest absolute Gasteiger partial charge is 0.204 e. The normalized spacial score (nSPS) is 15.8. The number of methoxy groups -OCH3 is 1. The molecule has 0 bridgehead atoms. The summed E-state index contributed by atoms with van der Waals surface area (Å²) in [6, 6.07) is 0. The lowest BCUT2D eigenvalue weighted by Crippen LogP contribution is -2.18. The predicted molar refractivity (Wildman–Crippen MR) is 79.2 cm³/mol. The summed E-state index contributed by atoms with van der Waals surface area (Å²) < 4.78 is 5.42. The fourth-order valence-electron chi connectivity index (χ4n) is 2.26. The molecule has 1 aromatic heterocycles. The van der Waals surface area contributed by atoms with Crippen LogP contribution >= 0.6 is 0 Å². The Hall–Kier alpha value is -1.56. The summed E-state index contributed by atoms with van der Waals surface area (Å²) >= 11 is 0. The van der Waals surface area contributed by atoms with E-state index in [1.54, 1.807) is 7.11 Å². The van der Waals surface area contributed by atoms with Gasteiger partial charge in [-0.05, 0) is 31.1 Å². The SMILES string of the molecule is CCCNc1ncnc(NCC2(CCO)CC2)c1OC. The van der Waals surface area contributed by atoms with Crippen LogP contribution in [0.1, 0.15) is 32.6 Å². The molecule has 0 radical (unpaired) electrons. The Balaban J connectivity index is 2.03. The lowest BCUT2D eigenvalue weighted by molar-refractivity contribution is 0.253. The number of hydrogen-bond acceptors (Lipinski definition) is 6. The molecule has 3 N–H and O–H groups in total. The zero-order valence-corrected chi connectivity index (χ0v) is 12.3. The first kappa shape index (κ1) is 14.8. The molecule has 0 amide bonds. The number of anilines is 2. The summed E-state index contributed by atoms with van der Waals surface area (Å²) in [5.41, 5.74) is 0.238. The summed E-state index contributed by atoms with van der Waals surface area (Å²) in [7, 11) is 1.63. The molecule has 20 heavy (non-hydrogen) atoms. The maximum Gasteiger partial charge on any atom is 0.204 e. The van der Waals surface area contributed by atoms with Gasteiger partial charge in [-0.1, -0.05) is 6.92 Å². The van der Waals surface area contributed by atoms with E-state index in [4.69, 9.17) is 9.84 Å². The summed E-state index contributed by atoms with van der Waals surface area (Å²) in [5.74, 6) is 2.09. The maximum atomic E-state index is 9.09. The van der Waals surface area contributed by atoms with Crippen molar-refractivity contribution in [3.8, 4) is 5.75 Å². The number of aromatic nitrogens is 2. The molecule has 2 rings (SSSR count). The Morgan fingerprint density at radius 2 is 2.00 bits per heavy atom. The molecule has 0 aromatic carbocycles. The van der Waals surface area contributed by atoms with Gasteiger partial charge in [-0.15, -0.1) is 0 Å². The summed E-state index contributed by atoms with van der Waals surface area (Å²) in [5, 5.41) is 15.7. The lowest BCUT2D eigenvalue weighted by Gasteiger charge is -2.17. The highest BCUT2D eigenvalue weighted by molar-refractivity contribution is 5.63. The topological polar surface area (TPSA) is 79.3 Å².